The summed E-state index contributed by atoms with van der Waals surface area (Å²) in [6.07, 6.45) is 0. The predicted octanol–water partition coefficient (Wildman–Crippen LogP) is 3.28. The lowest BCUT2D eigenvalue weighted by Crippen LogP contribution is -2.13. The average molecular weight is 209 g/mol. The number of anilines is 1. The zero-order valence-corrected chi connectivity index (χ0v) is 9.31. The molecule has 1 atom stereocenters. The number of aryl methyl sites for hydroxylation is 2. The van der Waals surface area contributed by atoms with Gasteiger partial charge in [0, 0.05) is 0 Å². The number of rotatable bonds is 2. The van der Waals surface area contributed by atoms with Crippen LogP contribution in [0.15, 0.2) is 12.1 Å². The number of nitriles is 1. The molecule has 0 radical (unpaired) electrons. The third-order valence-electron chi connectivity index (χ3n) is 1.99. The Morgan fingerprint density at radius 1 is 1.43 bits per heavy atom. The molecule has 3 heteroatoms. The molecule has 1 unspecified atom stereocenters. The van der Waals surface area contributed by atoms with E-state index in [1.807, 2.05) is 26.0 Å². The number of benzene rings is 1. The minimum absolute atomic E-state index is 0.228. The van der Waals surface area contributed by atoms with Gasteiger partial charge in [-0.3, -0.25) is 0 Å². The lowest BCUT2D eigenvalue weighted by Gasteiger charge is -2.13. The van der Waals surface area contributed by atoms with Crippen molar-refractivity contribution in [3.05, 3.63) is 28.3 Å². The van der Waals surface area contributed by atoms with Crippen molar-refractivity contribution < 1.29 is 0 Å². The summed E-state index contributed by atoms with van der Waals surface area (Å²) in [7, 11) is 0. The summed E-state index contributed by atoms with van der Waals surface area (Å²) in [5.41, 5.74) is 3.05. The largest absolute Gasteiger partial charge is 0.369 e. The molecule has 1 rings (SSSR count). The van der Waals surface area contributed by atoms with Crippen molar-refractivity contribution in [2.45, 2.75) is 26.8 Å². The first-order valence-corrected chi connectivity index (χ1v) is 4.85. The first kappa shape index (κ1) is 10.9. The van der Waals surface area contributed by atoms with Crippen LogP contribution in [0.1, 0.15) is 18.1 Å². The molecule has 74 valence electrons. The highest BCUT2D eigenvalue weighted by Gasteiger charge is 2.07. The summed E-state index contributed by atoms with van der Waals surface area (Å²) in [5.74, 6) is 0. The molecule has 1 N–H and O–H groups in total. The second kappa shape index (κ2) is 4.34. The van der Waals surface area contributed by atoms with Crippen molar-refractivity contribution in [1.29, 1.82) is 5.26 Å². The molecule has 0 saturated heterocycles. The molecule has 0 aliphatic rings. The van der Waals surface area contributed by atoms with E-state index in [0.29, 0.717) is 5.02 Å². The van der Waals surface area contributed by atoms with Gasteiger partial charge in [-0.05, 0) is 38.0 Å². The molecule has 0 aliphatic heterocycles. The highest BCUT2D eigenvalue weighted by Crippen LogP contribution is 2.27. The Bertz CT molecular complexity index is 356. The molecule has 1 aromatic rings. The van der Waals surface area contributed by atoms with Gasteiger partial charge in [0.2, 0.25) is 0 Å². The fourth-order valence-electron chi connectivity index (χ4n) is 1.35. The standard InChI is InChI=1S/C11H13ClN2/c1-7-4-8(2)11(10(12)5-7)14-9(3)6-13/h4-5,9,14H,1-3H3. The molecule has 14 heavy (non-hydrogen) atoms. The van der Waals surface area contributed by atoms with E-state index in [-0.39, 0.29) is 6.04 Å². The first-order chi connectivity index (χ1) is 6.54. The smallest absolute Gasteiger partial charge is 0.111 e. The van der Waals surface area contributed by atoms with E-state index >= 15 is 0 Å². The molecule has 0 bridgehead atoms. The summed E-state index contributed by atoms with van der Waals surface area (Å²) in [5, 5.41) is 12.4. The molecule has 0 amide bonds. The maximum absolute atomic E-state index is 8.68. The molecular weight excluding hydrogens is 196 g/mol. The van der Waals surface area contributed by atoms with Crippen LogP contribution in [-0.2, 0) is 0 Å². The normalized spacial score (nSPS) is 11.9. The number of halogens is 1. The van der Waals surface area contributed by atoms with Crippen LogP contribution in [0.5, 0.6) is 0 Å². The SMILES string of the molecule is Cc1cc(C)c(NC(C)C#N)c(Cl)c1. The van der Waals surface area contributed by atoms with Crippen LogP contribution >= 0.6 is 11.6 Å². The highest BCUT2D eigenvalue weighted by atomic mass is 35.5. The Labute approximate surface area is 89.5 Å². The number of hydrogen-bond donors (Lipinski definition) is 1. The Kier molecular flexibility index (Phi) is 3.38. The Morgan fingerprint density at radius 2 is 2.07 bits per heavy atom. The molecule has 1 aromatic carbocycles. The molecule has 0 spiro atoms. The fraction of sp³-hybridized carbons (Fsp3) is 0.364. The van der Waals surface area contributed by atoms with Crippen LogP contribution in [0, 0.1) is 25.2 Å². The summed E-state index contributed by atoms with van der Waals surface area (Å²) in [6.45, 7) is 5.78. The van der Waals surface area contributed by atoms with Gasteiger partial charge in [0.25, 0.3) is 0 Å². The summed E-state index contributed by atoms with van der Waals surface area (Å²) < 4.78 is 0. The third-order valence-corrected chi connectivity index (χ3v) is 2.28. The predicted molar refractivity (Wildman–Crippen MR) is 59.6 cm³/mol. The highest BCUT2D eigenvalue weighted by molar-refractivity contribution is 6.33. The van der Waals surface area contributed by atoms with Gasteiger partial charge in [-0.1, -0.05) is 17.7 Å². The van der Waals surface area contributed by atoms with Crippen molar-refractivity contribution >= 4 is 17.3 Å². The van der Waals surface area contributed by atoms with Crippen LogP contribution in [0.25, 0.3) is 0 Å². The monoisotopic (exact) mass is 208 g/mol. The van der Waals surface area contributed by atoms with Gasteiger partial charge in [-0.2, -0.15) is 5.26 Å². The quantitative estimate of drug-likeness (QED) is 0.810. The van der Waals surface area contributed by atoms with E-state index in [9.17, 15) is 0 Å². The maximum Gasteiger partial charge on any atom is 0.111 e. The van der Waals surface area contributed by atoms with E-state index in [1.165, 1.54) is 0 Å². The Morgan fingerprint density at radius 3 is 2.57 bits per heavy atom. The lowest BCUT2D eigenvalue weighted by molar-refractivity contribution is 1.01. The van der Waals surface area contributed by atoms with E-state index in [0.717, 1.165) is 16.8 Å². The average Bonchev–Trinajstić information content (AvgIpc) is 2.10. The molecule has 0 saturated carbocycles. The lowest BCUT2D eigenvalue weighted by atomic mass is 10.1. The van der Waals surface area contributed by atoms with Gasteiger partial charge in [0.05, 0.1) is 16.8 Å². The number of nitrogens with zero attached hydrogens (tertiary/aromatic N) is 1. The number of hydrogen-bond acceptors (Lipinski definition) is 2. The Hall–Kier alpha value is -1.20. The second-order valence-electron chi connectivity index (χ2n) is 3.43. The van der Waals surface area contributed by atoms with Gasteiger partial charge < -0.3 is 5.32 Å². The van der Waals surface area contributed by atoms with Gasteiger partial charge in [0.15, 0.2) is 0 Å². The molecule has 0 fully saturated rings. The number of nitrogens with one attached hydrogen (secondary N) is 1. The van der Waals surface area contributed by atoms with Gasteiger partial charge in [-0.25, -0.2) is 0 Å². The molecule has 0 aromatic heterocycles. The van der Waals surface area contributed by atoms with Crippen LogP contribution in [0.4, 0.5) is 5.69 Å². The van der Waals surface area contributed by atoms with Gasteiger partial charge >= 0.3 is 0 Å². The summed E-state index contributed by atoms with van der Waals surface area (Å²) >= 11 is 6.06. The van der Waals surface area contributed by atoms with E-state index in [1.54, 1.807) is 6.92 Å². The topological polar surface area (TPSA) is 35.8 Å². The van der Waals surface area contributed by atoms with Crippen molar-refractivity contribution in [2.75, 3.05) is 5.32 Å². The maximum atomic E-state index is 8.68. The van der Waals surface area contributed by atoms with Crippen molar-refractivity contribution in [3.8, 4) is 6.07 Å². The molecule has 2 nitrogen and oxygen atoms in total. The van der Waals surface area contributed by atoms with Crippen LogP contribution < -0.4 is 5.32 Å². The zero-order valence-electron chi connectivity index (χ0n) is 8.56. The van der Waals surface area contributed by atoms with E-state index < -0.39 is 0 Å². The molecule has 0 heterocycles. The second-order valence-corrected chi connectivity index (χ2v) is 3.84. The Balaban J connectivity index is 3.04. The fourth-order valence-corrected chi connectivity index (χ4v) is 1.72. The van der Waals surface area contributed by atoms with Crippen LogP contribution in [0.3, 0.4) is 0 Å². The molecule has 0 aliphatic carbocycles. The van der Waals surface area contributed by atoms with Crippen molar-refractivity contribution in [3.63, 3.8) is 0 Å². The minimum atomic E-state index is -0.228. The molecular formula is C11H13ClN2. The first-order valence-electron chi connectivity index (χ1n) is 4.47. The third kappa shape index (κ3) is 2.40. The van der Waals surface area contributed by atoms with Gasteiger partial charge in [0.1, 0.15) is 6.04 Å². The van der Waals surface area contributed by atoms with Gasteiger partial charge in [-0.15, -0.1) is 0 Å². The van der Waals surface area contributed by atoms with Crippen LogP contribution in [0.2, 0.25) is 5.02 Å². The van der Waals surface area contributed by atoms with Crippen LogP contribution in [-0.4, -0.2) is 6.04 Å². The summed E-state index contributed by atoms with van der Waals surface area (Å²) in [6, 6.07) is 5.81. The summed E-state index contributed by atoms with van der Waals surface area (Å²) in [4.78, 5) is 0. The minimum Gasteiger partial charge on any atom is -0.369 e. The van der Waals surface area contributed by atoms with E-state index in [2.05, 4.69) is 11.4 Å². The van der Waals surface area contributed by atoms with Crippen molar-refractivity contribution in [2.24, 2.45) is 0 Å². The van der Waals surface area contributed by atoms with Crippen molar-refractivity contribution in [1.82, 2.24) is 0 Å². The zero-order chi connectivity index (χ0) is 10.7. The van der Waals surface area contributed by atoms with E-state index in [4.69, 9.17) is 16.9 Å².